The molecule has 2 rings (SSSR count). The van der Waals surface area contributed by atoms with Crippen molar-refractivity contribution >= 4 is 23.5 Å². The van der Waals surface area contributed by atoms with Gasteiger partial charge in [-0.3, -0.25) is 9.59 Å². The average molecular weight is 304 g/mol. The van der Waals surface area contributed by atoms with Crippen LogP contribution in [0.1, 0.15) is 37.0 Å². The largest absolute Gasteiger partial charge is 0.449 e. The molecule has 118 valence electrons. The SMILES string of the molecule is CC(=O)Nc1cccc(C(=O)OC(C)C(=O)N2CCCC2)c1. The number of amides is 2. The Kier molecular flexibility index (Phi) is 5.14. The van der Waals surface area contributed by atoms with Gasteiger partial charge in [-0.05, 0) is 38.0 Å². The Morgan fingerprint density at radius 2 is 1.91 bits per heavy atom. The molecule has 0 saturated carbocycles. The summed E-state index contributed by atoms with van der Waals surface area (Å²) in [4.78, 5) is 37.0. The van der Waals surface area contributed by atoms with Crippen LogP contribution in [0.2, 0.25) is 0 Å². The van der Waals surface area contributed by atoms with Crippen LogP contribution < -0.4 is 5.32 Å². The van der Waals surface area contributed by atoms with Crippen LogP contribution in [-0.4, -0.2) is 41.9 Å². The minimum Gasteiger partial charge on any atom is -0.449 e. The first-order chi connectivity index (χ1) is 10.5. The fourth-order valence-electron chi connectivity index (χ4n) is 2.40. The number of esters is 1. The molecule has 1 aromatic rings. The molecule has 6 heteroatoms. The van der Waals surface area contributed by atoms with Gasteiger partial charge in [0.15, 0.2) is 6.10 Å². The predicted molar refractivity (Wildman–Crippen MR) is 81.4 cm³/mol. The molecule has 0 aliphatic carbocycles. The number of hydrogen-bond acceptors (Lipinski definition) is 4. The van der Waals surface area contributed by atoms with Crippen LogP contribution >= 0.6 is 0 Å². The highest BCUT2D eigenvalue weighted by Crippen LogP contribution is 2.14. The lowest BCUT2D eigenvalue weighted by atomic mass is 10.2. The fourth-order valence-corrected chi connectivity index (χ4v) is 2.40. The normalized spacial score (nSPS) is 15.3. The van der Waals surface area contributed by atoms with Gasteiger partial charge in [0.1, 0.15) is 0 Å². The molecular weight excluding hydrogens is 284 g/mol. The number of rotatable bonds is 4. The predicted octanol–water partition coefficient (Wildman–Crippen LogP) is 1.81. The number of likely N-dealkylation sites (tertiary alicyclic amines) is 1. The van der Waals surface area contributed by atoms with Crippen LogP contribution in [0.5, 0.6) is 0 Å². The first-order valence-corrected chi connectivity index (χ1v) is 7.35. The van der Waals surface area contributed by atoms with Crippen LogP contribution in [0.15, 0.2) is 24.3 Å². The van der Waals surface area contributed by atoms with Gasteiger partial charge in [-0.25, -0.2) is 4.79 Å². The van der Waals surface area contributed by atoms with E-state index in [0.29, 0.717) is 11.3 Å². The first kappa shape index (κ1) is 16.0. The number of anilines is 1. The van der Waals surface area contributed by atoms with E-state index >= 15 is 0 Å². The second kappa shape index (κ2) is 7.06. The molecule has 1 heterocycles. The number of benzene rings is 1. The van der Waals surface area contributed by atoms with Crippen molar-refractivity contribution in [3.05, 3.63) is 29.8 Å². The van der Waals surface area contributed by atoms with E-state index in [1.54, 1.807) is 30.0 Å². The topological polar surface area (TPSA) is 75.7 Å². The number of carbonyl (C=O) groups is 3. The number of hydrogen-bond donors (Lipinski definition) is 1. The molecule has 1 saturated heterocycles. The van der Waals surface area contributed by atoms with Gasteiger partial charge in [-0.2, -0.15) is 0 Å². The molecule has 0 aromatic heterocycles. The molecule has 1 N–H and O–H groups in total. The molecule has 0 bridgehead atoms. The van der Waals surface area contributed by atoms with Crippen molar-refractivity contribution < 1.29 is 19.1 Å². The summed E-state index contributed by atoms with van der Waals surface area (Å²) in [5.74, 6) is -0.959. The highest BCUT2D eigenvalue weighted by Gasteiger charge is 2.26. The average Bonchev–Trinajstić information content (AvgIpc) is 3.00. The molecule has 6 nitrogen and oxygen atoms in total. The summed E-state index contributed by atoms with van der Waals surface area (Å²) >= 11 is 0. The van der Waals surface area contributed by atoms with Crippen molar-refractivity contribution in [2.75, 3.05) is 18.4 Å². The summed E-state index contributed by atoms with van der Waals surface area (Å²) in [7, 11) is 0. The van der Waals surface area contributed by atoms with Crippen LogP contribution in [0, 0.1) is 0 Å². The zero-order valence-corrected chi connectivity index (χ0v) is 12.8. The second-order valence-electron chi connectivity index (χ2n) is 5.34. The minimum atomic E-state index is -0.810. The van der Waals surface area contributed by atoms with Crippen molar-refractivity contribution in [2.45, 2.75) is 32.8 Å². The van der Waals surface area contributed by atoms with E-state index in [1.807, 2.05) is 0 Å². The number of nitrogens with zero attached hydrogens (tertiary/aromatic N) is 1. The maximum absolute atomic E-state index is 12.1. The summed E-state index contributed by atoms with van der Waals surface area (Å²) < 4.78 is 5.23. The molecule has 1 aromatic carbocycles. The molecule has 0 radical (unpaired) electrons. The standard InChI is InChI=1S/C16H20N2O4/c1-11(15(20)18-8-3-4-9-18)22-16(21)13-6-5-7-14(10-13)17-12(2)19/h5-7,10-11H,3-4,8-9H2,1-2H3,(H,17,19). The summed E-state index contributed by atoms with van der Waals surface area (Å²) in [5, 5.41) is 2.60. The highest BCUT2D eigenvalue weighted by molar-refractivity contribution is 5.95. The maximum atomic E-state index is 12.1. The second-order valence-corrected chi connectivity index (χ2v) is 5.34. The lowest BCUT2D eigenvalue weighted by molar-refractivity contribution is -0.138. The number of carbonyl (C=O) groups excluding carboxylic acids is 3. The summed E-state index contributed by atoms with van der Waals surface area (Å²) in [5.41, 5.74) is 0.813. The molecule has 1 fully saturated rings. The quantitative estimate of drug-likeness (QED) is 0.861. The van der Waals surface area contributed by atoms with Gasteiger partial charge in [0.25, 0.3) is 5.91 Å². The fraction of sp³-hybridized carbons (Fsp3) is 0.438. The third kappa shape index (κ3) is 4.07. The first-order valence-electron chi connectivity index (χ1n) is 7.35. The van der Waals surface area contributed by atoms with E-state index in [2.05, 4.69) is 5.32 Å². The highest BCUT2D eigenvalue weighted by atomic mass is 16.5. The molecule has 1 unspecified atom stereocenters. The van der Waals surface area contributed by atoms with Crippen molar-refractivity contribution in [1.82, 2.24) is 4.90 Å². The number of ether oxygens (including phenoxy) is 1. The van der Waals surface area contributed by atoms with Crippen LogP contribution in [0.3, 0.4) is 0 Å². The molecule has 2 amide bonds. The zero-order chi connectivity index (χ0) is 16.1. The molecule has 1 atom stereocenters. The molecular formula is C16H20N2O4. The van der Waals surface area contributed by atoms with Crippen molar-refractivity contribution in [3.63, 3.8) is 0 Å². The molecule has 0 spiro atoms. The van der Waals surface area contributed by atoms with Crippen LogP contribution in [0.4, 0.5) is 5.69 Å². The monoisotopic (exact) mass is 304 g/mol. The van der Waals surface area contributed by atoms with Crippen LogP contribution in [0.25, 0.3) is 0 Å². The Bertz CT molecular complexity index is 579. The zero-order valence-electron chi connectivity index (χ0n) is 12.8. The van der Waals surface area contributed by atoms with E-state index in [1.165, 1.54) is 13.0 Å². The molecule has 1 aliphatic rings. The smallest absolute Gasteiger partial charge is 0.338 e. The third-order valence-electron chi connectivity index (χ3n) is 3.47. The van der Waals surface area contributed by atoms with Crippen LogP contribution in [-0.2, 0) is 14.3 Å². The number of nitrogens with one attached hydrogen (secondary N) is 1. The maximum Gasteiger partial charge on any atom is 0.338 e. The minimum absolute atomic E-state index is 0.163. The summed E-state index contributed by atoms with van der Waals surface area (Å²) in [6.07, 6.45) is 1.17. The third-order valence-corrected chi connectivity index (χ3v) is 3.47. The van der Waals surface area contributed by atoms with Gasteiger partial charge in [0.2, 0.25) is 5.91 Å². The molecule has 1 aliphatic heterocycles. The Balaban J connectivity index is 1.99. The Morgan fingerprint density at radius 1 is 1.23 bits per heavy atom. The van der Waals surface area contributed by atoms with Gasteiger partial charge in [-0.15, -0.1) is 0 Å². The van der Waals surface area contributed by atoms with Gasteiger partial charge < -0.3 is 15.0 Å². The lowest BCUT2D eigenvalue weighted by Crippen LogP contribution is -2.38. The lowest BCUT2D eigenvalue weighted by Gasteiger charge is -2.20. The van der Waals surface area contributed by atoms with E-state index in [4.69, 9.17) is 4.74 Å². The Hall–Kier alpha value is -2.37. The van der Waals surface area contributed by atoms with Crippen molar-refractivity contribution in [1.29, 1.82) is 0 Å². The van der Waals surface area contributed by atoms with E-state index < -0.39 is 12.1 Å². The van der Waals surface area contributed by atoms with E-state index in [-0.39, 0.29) is 11.8 Å². The van der Waals surface area contributed by atoms with Crippen molar-refractivity contribution in [2.24, 2.45) is 0 Å². The van der Waals surface area contributed by atoms with E-state index in [9.17, 15) is 14.4 Å². The summed E-state index contributed by atoms with van der Waals surface area (Å²) in [6.45, 7) is 4.41. The van der Waals surface area contributed by atoms with Gasteiger partial charge in [0.05, 0.1) is 5.56 Å². The van der Waals surface area contributed by atoms with Crippen molar-refractivity contribution in [3.8, 4) is 0 Å². The summed E-state index contributed by atoms with van der Waals surface area (Å²) in [6, 6.07) is 6.43. The van der Waals surface area contributed by atoms with Gasteiger partial charge in [0, 0.05) is 25.7 Å². The van der Waals surface area contributed by atoms with Gasteiger partial charge >= 0.3 is 5.97 Å². The Labute approximate surface area is 129 Å². The van der Waals surface area contributed by atoms with E-state index in [0.717, 1.165) is 25.9 Å². The molecule has 22 heavy (non-hydrogen) atoms. The van der Waals surface area contributed by atoms with Gasteiger partial charge in [-0.1, -0.05) is 6.07 Å². The Morgan fingerprint density at radius 3 is 2.55 bits per heavy atom.